The Bertz CT molecular complexity index is 91.6. The Balaban J connectivity index is 4.02. The van der Waals surface area contributed by atoms with Crippen LogP contribution < -0.4 is 5.73 Å². The molecule has 0 amide bonds. The molecule has 3 N–H and O–H groups in total. The van der Waals surface area contributed by atoms with Crippen LogP contribution in [0.1, 0.15) is 20.3 Å². The molecular formula is C7H17NO2. The second kappa shape index (κ2) is 3.91. The Morgan fingerprint density at radius 3 is 2.30 bits per heavy atom. The molecule has 0 heterocycles. The lowest BCUT2D eigenvalue weighted by atomic mass is 9.96. The van der Waals surface area contributed by atoms with Gasteiger partial charge in [-0.2, -0.15) is 0 Å². The van der Waals surface area contributed by atoms with E-state index in [1.807, 2.05) is 13.8 Å². The third kappa shape index (κ3) is 1.94. The molecule has 0 radical (unpaired) electrons. The van der Waals surface area contributed by atoms with Gasteiger partial charge in [0, 0.05) is 13.7 Å². The minimum Gasteiger partial charge on any atom is -0.389 e. The van der Waals surface area contributed by atoms with Crippen LogP contribution in [0, 0.1) is 0 Å². The summed E-state index contributed by atoms with van der Waals surface area (Å²) in [7, 11) is 1.59. The van der Waals surface area contributed by atoms with Crippen LogP contribution in [0.15, 0.2) is 0 Å². The first-order valence-corrected chi connectivity index (χ1v) is 3.54. The molecular weight excluding hydrogens is 130 g/mol. The predicted octanol–water partition coefficient (Wildman–Crippen LogP) is 0.121. The zero-order valence-corrected chi connectivity index (χ0v) is 6.92. The van der Waals surface area contributed by atoms with E-state index in [0.717, 1.165) is 6.42 Å². The molecule has 0 rings (SSSR count). The van der Waals surface area contributed by atoms with Crippen molar-refractivity contribution in [2.45, 2.75) is 32.0 Å². The van der Waals surface area contributed by atoms with Crippen molar-refractivity contribution >= 4 is 0 Å². The molecule has 3 heteroatoms. The van der Waals surface area contributed by atoms with Crippen molar-refractivity contribution in [3.63, 3.8) is 0 Å². The van der Waals surface area contributed by atoms with Gasteiger partial charge in [-0.15, -0.1) is 0 Å². The van der Waals surface area contributed by atoms with E-state index in [-0.39, 0.29) is 6.54 Å². The summed E-state index contributed by atoms with van der Waals surface area (Å²) in [5, 5.41) is 9.33. The van der Waals surface area contributed by atoms with E-state index in [0.29, 0.717) is 0 Å². The number of aliphatic hydroxyl groups excluding tert-OH is 1. The minimum absolute atomic E-state index is 0.248. The highest BCUT2D eigenvalue weighted by Gasteiger charge is 2.29. The predicted molar refractivity (Wildman–Crippen MR) is 40.8 cm³/mol. The van der Waals surface area contributed by atoms with Crippen molar-refractivity contribution in [1.29, 1.82) is 0 Å². The summed E-state index contributed by atoms with van der Waals surface area (Å²) in [6.07, 6.45) is 0.199. The van der Waals surface area contributed by atoms with Crippen LogP contribution in [0.3, 0.4) is 0 Å². The first-order chi connectivity index (χ1) is 4.60. The average Bonchev–Trinajstić information content (AvgIpc) is 2.01. The molecule has 0 aliphatic carbocycles. The summed E-state index contributed by atoms with van der Waals surface area (Å²) in [6.45, 7) is 4.06. The molecule has 0 saturated carbocycles. The van der Waals surface area contributed by atoms with Crippen molar-refractivity contribution in [3.05, 3.63) is 0 Å². The molecule has 2 atom stereocenters. The summed E-state index contributed by atoms with van der Waals surface area (Å²) in [4.78, 5) is 0. The van der Waals surface area contributed by atoms with Crippen LogP contribution >= 0.6 is 0 Å². The SMILES string of the molecule is CCC(C)(OC)C(O)CN. The number of nitrogens with two attached hydrogens (primary N) is 1. The van der Waals surface area contributed by atoms with Gasteiger partial charge in [-0.05, 0) is 13.3 Å². The van der Waals surface area contributed by atoms with E-state index in [1.54, 1.807) is 7.11 Å². The molecule has 2 unspecified atom stereocenters. The lowest BCUT2D eigenvalue weighted by Crippen LogP contribution is -2.45. The first kappa shape index (κ1) is 9.88. The quantitative estimate of drug-likeness (QED) is 0.594. The van der Waals surface area contributed by atoms with E-state index in [4.69, 9.17) is 10.5 Å². The van der Waals surface area contributed by atoms with E-state index >= 15 is 0 Å². The van der Waals surface area contributed by atoms with Crippen LogP contribution in [0.5, 0.6) is 0 Å². The Morgan fingerprint density at radius 2 is 2.20 bits per heavy atom. The van der Waals surface area contributed by atoms with Gasteiger partial charge in [-0.25, -0.2) is 0 Å². The van der Waals surface area contributed by atoms with Gasteiger partial charge in [-0.1, -0.05) is 6.92 Å². The molecule has 0 aromatic heterocycles. The first-order valence-electron chi connectivity index (χ1n) is 3.54. The van der Waals surface area contributed by atoms with Crippen LogP contribution in [-0.4, -0.2) is 30.5 Å². The fraction of sp³-hybridized carbons (Fsp3) is 1.00. The number of hydrogen-bond donors (Lipinski definition) is 2. The number of rotatable bonds is 4. The zero-order valence-electron chi connectivity index (χ0n) is 6.92. The molecule has 0 fully saturated rings. The molecule has 3 nitrogen and oxygen atoms in total. The largest absolute Gasteiger partial charge is 0.389 e. The van der Waals surface area contributed by atoms with Gasteiger partial charge in [0.05, 0.1) is 11.7 Å². The Labute approximate surface area is 62.2 Å². The molecule has 62 valence electrons. The Hall–Kier alpha value is -0.120. The van der Waals surface area contributed by atoms with Crippen molar-refractivity contribution < 1.29 is 9.84 Å². The van der Waals surface area contributed by atoms with Crippen molar-refractivity contribution in [2.75, 3.05) is 13.7 Å². The highest BCUT2D eigenvalue weighted by atomic mass is 16.5. The maximum atomic E-state index is 9.33. The van der Waals surface area contributed by atoms with Gasteiger partial charge in [0.15, 0.2) is 0 Å². The molecule has 0 aliphatic rings. The van der Waals surface area contributed by atoms with Crippen molar-refractivity contribution in [2.24, 2.45) is 5.73 Å². The van der Waals surface area contributed by atoms with Crippen molar-refractivity contribution in [3.8, 4) is 0 Å². The van der Waals surface area contributed by atoms with E-state index in [2.05, 4.69) is 0 Å². The monoisotopic (exact) mass is 147 g/mol. The maximum Gasteiger partial charge on any atom is 0.0948 e. The lowest BCUT2D eigenvalue weighted by molar-refractivity contribution is -0.0877. The van der Waals surface area contributed by atoms with Gasteiger partial charge in [0.2, 0.25) is 0 Å². The highest BCUT2D eigenvalue weighted by molar-refractivity contribution is 4.82. The van der Waals surface area contributed by atoms with E-state index < -0.39 is 11.7 Å². The molecule has 0 bridgehead atoms. The Morgan fingerprint density at radius 1 is 1.70 bits per heavy atom. The zero-order chi connectivity index (χ0) is 8.20. The minimum atomic E-state index is -0.567. The number of hydrogen-bond acceptors (Lipinski definition) is 3. The second-order valence-electron chi connectivity index (χ2n) is 2.62. The smallest absolute Gasteiger partial charge is 0.0948 e. The summed E-state index contributed by atoms with van der Waals surface area (Å²) in [5.74, 6) is 0. The van der Waals surface area contributed by atoms with Crippen LogP contribution in [0.2, 0.25) is 0 Å². The molecule has 0 saturated heterocycles. The molecule has 0 spiro atoms. The Kier molecular flexibility index (Phi) is 3.86. The number of aliphatic hydroxyl groups is 1. The van der Waals surface area contributed by atoms with Crippen LogP contribution in [-0.2, 0) is 4.74 Å². The number of ether oxygens (including phenoxy) is 1. The third-order valence-electron chi connectivity index (χ3n) is 2.10. The van der Waals surface area contributed by atoms with Crippen molar-refractivity contribution in [1.82, 2.24) is 0 Å². The summed E-state index contributed by atoms with van der Waals surface area (Å²) < 4.78 is 5.11. The maximum absolute atomic E-state index is 9.33. The van der Waals surface area contributed by atoms with Gasteiger partial charge in [0.1, 0.15) is 0 Å². The fourth-order valence-electron chi connectivity index (χ4n) is 0.765. The average molecular weight is 147 g/mol. The third-order valence-corrected chi connectivity index (χ3v) is 2.10. The second-order valence-corrected chi connectivity index (χ2v) is 2.62. The highest BCUT2D eigenvalue weighted by Crippen LogP contribution is 2.17. The standard InChI is InChI=1S/C7H17NO2/c1-4-7(2,10-3)6(9)5-8/h6,9H,4-5,8H2,1-3H3. The van der Waals surface area contributed by atoms with E-state index in [1.165, 1.54) is 0 Å². The van der Waals surface area contributed by atoms with Gasteiger partial charge >= 0.3 is 0 Å². The number of methoxy groups -OCH3 is 1. The van der Waals surface area contributed by atoms with Crippen LogP contribution in [0.4, 0.5) is 0 Å². The molecule has 0 aliphatic heterocycles. The van der Waals surface area contributed by atoms with Gasteiger partial charge in [0.25, 0.3) is 0 Å². The summed E-state index contributed by atoms with van der Waals surface area (Å²) >= 11 is 0. The summed E-state index contributed by atoms with van der Waals surface area (Å²) in [6, 6.07) is 0. The van der Waals surface area contributed by atoms with Gasteiger partial charge < -0.3 is 15.6 Å². The fourth-order valence-corrected chi connectivity index (χ4v) is 0.765. The lowest BCUT2D eigenvalue weighted by Gasteiger charge is -2.31. The topological polar surface area (TPSA) is 55.5 Å². The molecule has 10 heavy (non-hydrogen) atoms. The van der Waals surface area contributed by atoms with Crippen LogP contribution in [0.25, 0.3) is 0 Å². The summed E-state index contributed by atoms with van der Waals surface area (Å²) in [5.41, 5.74) is 4.80. The normalized spacial score (nSPS) is 20.1. The molecule has 0 aromatic rings. The molecule has 0 aromatic carbocycles. The van der Waals surface area contributed by atoms with Gasteiger partial charge in [-0.3, -0.25) is 0 Å². The van der Waals surface area contributed by atoms with E-state index in [9.17, 15) is 5.11 Å².